The fraction of sp³-hybridized carbons (Fsp3) is 0.643. The third-order valence-corrected chi connectivity index (χ3v) is 3.60. The van der Waals surface area contributed by atoms with Gasteiger partial charge >= 0.3 is 0 Å². The Morgan fingerprint density at radius 3 is 2.44 bits per heavy atom. The molecule has 0 aliphatic heterocycles. The Labute approximate surface area is 115 Å². The SMILES string of the molecule is CCCCCCCCN(C(C)=O)c1ccsc1.N. The van der Waals surface area contributed by atoms with Gasteiger partial charge < -0.3 is 11.1 Å². The van der Waals surface area contributed by atoms with Gasteiger partial charge in [0.15, 0.2) is 0 Å². The molecule has 1 aromatic rings. The molecule has 0 aliphatic rings. The predicted molar refractivity (Wildman–Crippen MR) is 80.7 cm³/mol. The molecule has 104 valence electrons. The van der Waals surface area contributed by atoms with Crippen LogP contribution in [-0.2, 0) is 4.79 Å². The largest absolute Gasteiger partial charge is 0.344 e. The van der Waals surface area contributed by atoms with Crippen LogP contribution < -0.4 is 11.1 Å². The zero-order valence-corrected chi connectivity index (χ0v) is 12.5. The molecule has 0 aliphatic carbocycles. The van der Waals surface area contributed by atoms with Crippen molar-refractivity contribution < 1.29 is 4.79 Å². The molecule has 0 atom stereocenters. The summed E-state index contributed by atoms with van der Waals surface area (Å²) in [5.74, 6) is 0.150. The number of hydrogen-bond donors (Lipinski definition) is 1. The van der Waals surface area contributed by atoms with E-state index in [1.165, 1.54) is 32.1 Å². The summed E-state index contributed by atoms with van der Waals surface area (Å²) in [6.07, 6.45) is 7.58. The molecule has 1 rings (SSSR count). The van der Waals surface area contributed by atoms with Gasteiger partial charge in [-0.1, -0.05) is 39.0 Å². The number of unbranched alkanes of at least 4 members (excludes halogenated alkanes) is 5. The summed E-state index contributed by atoms with van der Waals surface area (Å²) in [7, 11) is 0. The van der Waals surface area contributed by atoms with Crippen LogP contribution in [0.4, 0.5) is 5.69 Å². The van der Waals surface area contributed by atoms with E-state index in [2.05, 4.69) is 6.92 Å². The van der Waals surface area contributed by atoms with Gasteiger partial charge in [0.2, 0.25) is 5.91 Å². The Kier molecular flexibility index (Phi) is 9.60. The minimum atomic E-state index is 0. The molecule has 3 nitrogen and oxygen atoms in total. The van der Waals surface area contributed by atoms with Gasteiger partial charge in [-0.05, 0) is 17.9 Å². The second-order valence-corrected chi connectivity index (χ2v) is 5.20. The van der Waals surface area contributed by atoms with E-state index >= 15 is 0 Å². The second kappa shape index (κ2) is 10.1. The van der Waals surface area contributed by atoms with Crippen molar-refractivity contribution in [3.05, 3.63) is 16.8 Å². The zero-order valence-electron chi connectivity index (χ0n) is 11.7. The molecular weight excluding hydrogens is 244 g/mol. The lowest BCUT2D eigenvalue weighted by Gasteiger charge is -2.19. The first-order valence-electron chi connectivity index (χ1n) is 6.56. The highest BCUT2D eigenvalue weighted by molar-refractivity contribution is 7.08. The quantitative estimate of drug-likeness (QED) is 0.700. The summed E-state index contributed by atoms with van der Waals surface area (Å²) in [4.78, 5) is 13.4. The van der Waals surface area contributed by atoms with Crippen LogP contribution in [0, 0.1) is 0 Å². The minimum Gasteiger partial charge on any atom is -0.344 e. The molecular formula is C14H26N2OS. The van der Waals surface area contributed by atoms with Crippen LogP contribution in [0.1, 0.15) is 52.4 Å². The van der Waals surface area contributed by atoms with Crippen LogP contribution >= 0.6 is 11.3 Å². The van der Waals surface area contributed by atoms with E-state index in [-0.39, 0.29) is 12.1 Å². The number of thiophene rings is 1. The molecule has 0 aromatic carbocycles. The van der Waals surface area contributed by atoms with Crippen molar-refractivity contribution in [2.45, 2.75) is 52.4 Å². The molecule has 3 N–H and O–H groups in total. The minimum absolute atomic E-state index is 0. The van der Waals surface area contributed by atoms with Crippen LogP contribution in [0.25, 0.3) is 0 Å². The topological polar surface area (TPSA) is 55.3 Å². The smallest absolute Gasteiger partial charge is 0.223 e. The van der Waals surface area contributed by atoms with Crippen LogP contribution in [0.3, 0.4) is 0 Å². The fourth-order valence-corrected chi connectivity index (χ4v) is 2.57. The van der Waals surface area contributed by atoms with Gasteiger partial charge in [-0.15, -0.1) is 0 Å². The average Bonchev–Trinajstić information content (AvgIpc) is 2.81. The summed E-state index contributed by atoms with van der Waals surface area (Å²) in [5.41, 5.74) is 1.05. The highest BCUT2D eigenvalue weighted by atomic mass is 32.1. The van der Waals surface area contributed by atoms with Crippen molar-refractivity contribution in [2.24, 2.45) is 0 Å². The maximum Gasteiger partial charge on any atom is 0.223 e. The zero-order chi connectivity index (χ0) is 12.5. The Hall–Kier alpha value is -0.870. The lowest BCUT2D eigenvalue weighted by molar-refractivity contribution is -0.116. The van der Waals surface area contributed by atoms with Gasteiger partial charge in [-0.2, -0.15) is 11.3 Å². The van der Waals surface area contributed by atoms with Crippen molar-refractivity contribution in [1.82, 2.24) is 6.15 Å². The molecule has 0 radical (unpaired) electrons. The first-order chi connectivity index (χ1) is 8.25. The first kappa shape index (κ1) is 17.1. The summed E-state index contributed by atoms with van der Waals surface area (Å²) >= 11 is 1.64. The molecule has 0 fully saturated rings. The predicted octanol–water partition coefficient (Wildman–Crippen LogP) is 4.62. The molecule has 1 aromatic heterocycles. The number of nitrogens with zero attached hydrogens (tertiary/aromatic N) is 1. The number of carbonyl (C=O) groups excluding carboxylic acids is 1. The van der Waals surface area contributed by atoms with Gasteiger partial charge in [0, 0.05) is 18.8 Å². The summed E-state index contributed by atoms with van der Waals surface area (Å²) in [5, 5.41) is 4.06. The molecule has 0 saturated carbocycles. The van der Waals surface area contributed by atoms with Crippen molar-refractivity contribution in [2.75, 3.05) is 11.4 Å². The molecule has 18 heavy (non-hydrogen) atoms. The Bertz CT molecular complexity index is 312. The van der Waals surface area contributed by atoms with Gasteiger partial charge in [0.25, 0.3) is 0 Å². The Morgan fingerprint density at radius 1 is 1.22 bits per heavy atom. The number of anilines is 1. The van der Waals surface area contributed by atoms with Crippen molar-refractivity contribution in [1.29, 1.82) is 0 Å². The fourth-order valence-electron chi connectivity index (χ4n) is 1.93. The molecule has 0 saturated heterocycles. The van der Waals surface area contributed by atoms with Gasteiger partial charge in [-0.3, -0.25) is 4.79 Å². The number of amides is 1. The van der Waals surface area contributed by atoms with Crippen molar-refractivity contribution >= 4 is 22.9 Å². The number of carbonyl (C=O) groups is 1. The lowest BCUT2D eigenvalue weighted by Crippen LogP contribution is -2.28. The van der Waals surface area contributed by atoms with E-state index in [1.54, 1.807) is 18.3 Å². The van der Waals surface area contributed by atoms with Gasteiger partial charge in [0.05, 0.1) is 5.69 Å². The monoisotopic (exact) mass is 270 g/mol. The third-order valence-electron chi connectivity index (χ3n) is 2.93. The van der Waals surface area contributed by atoms with Crippen molar-refractivity contribution in [3.63, 3.8) is 0 Å². The van der Waals surface area contributed by atoms with Crippen LogP contribution in [0.5, 0.6) is 0 Å². The lowest BCUT2D eigenvalue weighted by atomic mass is 10.1. The van der Waals surface area contributed by atoms with Crippen LogP contribution in [0.2, 0.25) is 0 Å². The van der Waals surface area contributed by atoms with Gasteiger partial charge in [0.1, 0.15) is 0 Å². The normalized spacial score (nSPS) is 9.89. The maximum atomic E-state index is 11.5. The average molecular weight is 270 g/mol. The maximum absolute atomic E-state index is 11.5. The molecule has 1 heterocycles. The standard InChI is InChI=1S/C14H23NOS.H3N/c1-3-4-5-6-7-8-10-15(13(2)16)14-9-11-17-12-14;/h9,11-12H,3-8,10H2,1-2H3;1H3. The van der Waals surface area contributed by atoms with E-state index in [9.17, 15) is 4.79 Å². The Balaban J connectivity index is 0.00000289. The third kappa shape index (κ3) is 6.17. The molecule has 0 bridgehead atoms. The summed E-state index contributed by atoms with van der Waals surface area (Å²) in [6.45, 7) is 4.74. The number of rotatable bonds is 8. The second-order valence-electron chi connectivity index (χ2n) is 4.42. The van der Waals surface area contributed by atoms with Crippen LogP contribution in [0.15, 0.2) is 16.8 Å². The number of hydrogen-bond acceptors (Lipinski definition) is 3. The van der Waals surface area contributed by atoms with E-state index in [1.807, 2.05) is 21.7 Å². The highest BCUT2D eigenvalue weighted by Gasteiger charge is 2.10. The van der Waals surface area contributed by atoms with Gasteiger partial charge in [-0.25, -0.2) is 0 Å². The molecule has 0 unspecified atom stereocenters. The highest BCUT2D eigenvalue weighted by Crippen LogP contribution is 2.19. The van der Waals surface area contributed by atoms with E-state index in [0.717, 1.165) is 18.7 Å². The molecule has 1 amide bonds. The Morgan fingerprint density at radius 2 is 1.89 bits per heavy atom. The van der Waals surface area contributed by atoms with Crippen LogP contribution in [-0.4, -0.2) is 12.5 Å². The van der Waals surface area contributed by atoms with E-state index in [4.69, 9.17) is 0 Å². The van der Waals surface area contributed by atoms with Crippen molar-refractivity contribution in [3.8, 4) is 0 Å². The first-order valence-corrected chi connectivity index (χ1v) is 7.50. The molecule has 0 spiro atoms. The summed E-state index contributed by atoms with van der Waals surface area (Å²) in [6, 6.07) is 2.02. The summed E-state index contributed by atoms with van der Waals surface area (Å²) < 4.78 is 0. The molecule has 4 heteroatoms. The van der Waals surface area contributed by atoms with E-state index in [0.29, 0.717) is 0 Å². The van der Waals surface area contributed by atoms with E-state index < -0.39 is 0 Å².